The number of nitrogens with one attached hydrogen (secondary N) is 1. The summed E-state index contributed by atoms with van der Waals surface area (Å²) in [5, 5.41) is 11.6. The summed E-state index contributed by atoms with van der Waals surface area (Å²) in [5.41, 5.74) is 5.16. The Hall–Kier alpha value is -0.610. The Bertz CT molecular complexity index is 126. The summed E-state index contributed by atoms with van der Waals surface area (Å²) < 4.78 is 0. The van der Waals surface area contributed by atoms with Crippen molar-refractivity contribution in [3.63, 3.8) is 0 Å². The molecule has 0 saturated carbocycles. The van der Waals surface area contributed by atoms with Gasteiger partial charge in [0.15, 0.2) is 0 Å². The molecule has 0 aromatic heterocycles. The lowest BCUT2D eigenvalue weighted by atomic mass is 10.2. The number of aliphatic hydroxyl groups excluding tert-OH is 1. The van der Waals surface area contributed by atoms with Crippen LogP contribution in [0.25, 0.3) is 0 Å². The lowest BCUT2D eigenvalue weighted by molar-refractivity contribution is -0.122. The molecule has 66 valence electrons. The van der Waals surface area contributed by atoms with Crippen LogP contribution >= 0.6 is 0 Å². The average Bonchev–Trinajstić information content (AvgIpc) is 1.87. The molecule has 0 rings (SSSR count). The second-order valence-corrected chi connectivity index (χ2v) is 2.64. The van der Waals surface area contributed by atoms with E-state index in [1.165, 1.54) is 0 Å². The van der Waals surface area contributed by atoms with Crippen molar-refractivity contribution in [2.75, 3.05) is 6.54 Å². The third kappa shape index (κ3) is 4.75. The second kappa shape index (κ2) is 5.09. The Morgan fingerprint density at radius 2 is 2.18 bits per heavy atom. The molecule has 2 unspecified atom stereocenters. The maximum atomic E-state index is 10.9. The Labute approximate surface area is 66.8 Å². The van der Waals surface area contributed by atoms with Gasteiger partial charge in [0.2, 0.25) is 5.91 Å². The van der Waals surface area contributed by atoms with Gasteiger partial charge in [-0.25, -0.2) is 0 Å². The van der Waals surface area contributed by atoms with Gasteiger partial charge in [-0.15, -0.1) is 0 Å². The molecule has 0 aliphatic heterocycles. The molecule has 4 heteroatoms. The van der Waals surface area contributed by atoms with Gasteiger partial charge in [0, 0.05) is 13.0 Å². The lowest BCUT2D eigenvalue weighted by Gasteiger charge is -2.15. The van der Waals surface area contributed by atoms with Crippen LogP contribution in [0.2, 0.25) is 0 Å². The lowest BCUT2D eigenvalue weighted by Crippen LogP contribution is -2.40. The molecule has 0 aromatic rings. The number of carbonyl (C=O) groups excluding carboxylic acids is 1. The Morgan fingerprint density at radius 1 is 1.64 bits per heavy atom. The van der Waals surface area contributed by atoms with E-state index in [0.717, 1.165) is 0 Å². The van der Waals surface area contributed by atoms with Crippen molar-refractivity contribution < 1.29 is 9.90 Å². The van der Waals surface area contributed by atoms with E-state index < -0.39 is 6.10 Å². The third-order valence-electron chi connectivity index (χ3n) is 1.48. The number of hydrogen-bond acceptors (Lipinski definition) is 3. The van der Waals surface area contributed by atoms with Crippen LogP contribution < -0.4 is 11.1 Å². The van der Waals surface area contributed by atoms with Crippen molar-refractivity contribution >= 4 is 5.91 Å². The van der Waals surface area contributed by atoms with Gasteiger partial charge in [0.25, 0.3) is 0 Å². The molecule has 0 fully saturated rings. The zero-order valence-electron chi connectivity index (χ0n) is 7.00. The van der Waals surface area contributed by atoms with Gasteiger partial charge in [-0.1, -0.05) is 0 Å². The molecule has 0 aliphatic carbocycles. The van der Waals surface area contributed by atoms with Crippen LogP contribution in [0.4, 0.5) is 0 Å². The van der Waals surface area contributed by atoms with E-state index in [2.05, 4.69) is 5.32 Å². The Balaban J connectivity index is 3.57. The van der Waals surface area contributed by atoms with Crippen LogP contribution in [0.1, 0.15) is 20.3 Å². The summed E-state index contributed by atoms with van der Waals surface area (Å²) in [6.45, 7) is 3.73. The minimum atomic E-state index is -0.517. The highest BCUT2D eigenvalue weighted by molar-refractivity contribution is 5.76. The van der Waals surface area contributed by atoms with Crippen LogP contribution in [0.3, 0.4) is 0 Å². The molecule has 0 spiro atoms. The molecular weight excluding hydrogens is 144 g/mol. The van der Waals surface area contributed by atoms with E-state index in [1.807, 2.05) is 0 Å². The molecular formula is C7H16N2O2. The zero-order valence-corrected chi connectivity index (χ0v) is 7.00. The molecule has 0 bridgehead atoms. The minimum Gasteiger partial charge on any atom is -0.391 e. The first kappa shape index (κ1) is 10.4. The predicted molar refractivity (Wildman–Crippen MR) is 43.0 cm³/mol. The highest BCUT2D eigenvalue weighted by Gasteiger charge is 2.10. The molecule has 0 aliphatic rings. The zero-order chi connectivity index (χ0) is 8.85. The Kier molecular flexibility index (Phi) is 4.81. The maximum absolute atomic E-state index is 10.9. The molecule has 0 heterocycles. The van der Waals surface area contributed by atoms with Gasteiger partial charge < -0.3 is 16.2 Å². The van der Waals surface area contributed by atoms with E-state index in [9.17, 15) is 4.79 Å². The number of hydrogen-bond donors (Lipinski definition) is 3. The monoisotopic (exact) mass is 160 g/mol. The van der Waals surface area contributed by atoms with Gasteiger partial charge >= 0.3 is 0 Å². The number of nitrogens with two attached hydrogens (primary N) is 1. The SMILES string of the molecule is CC(O)C(C)NC(=O)CCN. The van der Waals surface area contributed by atoms with Gasteiger partial charge in [0.05, 0.1) is 12.1 Å². The summed E-state index contributed by atoms with van der Waals surface area (Å²) in [6.07, 6.45) is -0.200. The highest BCUT2D eigenvalue weighted by Crippen LogP contribution is 1.90. The van der Waals surface area contributed by atoms with E-state index in [1.54, 1.807) is 13.8 Å². The average molecular weight is 160 g/mol. The topological polar surface area (TPSA) is 75.3 Å². The molecule has 0 saturated heterocycles. The Morgan fingerprint density at radius 3 is 2.55 bits per heavy atom. The van der Waals surface area contributed by atoms with E-state index in [-0.39, 0.29) is 11.9 Å². The quantitative estimate of drug-likeness (QED) is 0.505. The molecule has 4 N–H and O–H groups in total. The fourth-order valence-electron chi connectivity index (χ4n) is 0.578. The van der Waals surface area contributed by atoms with Crippen LogP contribution in [0.5, 0.6) is 0 Å². The molecule has 2 atom stereocenters. The molecule has 0 radical (unpaired) electrons. The largest absolute Gasteiger partial charge is 0.391 e. The molecule has 0 aromatic carbocycles. The van der Waals surface area contributed by atoms with Gasteiger partial charge in [0.1, 0.15) is 0 Å². The first-order valence-electron chi connectivity index (χ1n) is 3.75. The number of aliphatic hydroxyl groups is 1. The van der Waals surface area contributed by atoms with Crippen molar-refractivity contribution in [2.45, 2.75) is 32.4 Å². The number of rotatable bonds is 4. The van der Waals surface area contributed by atoms with Crippen molar-refractivity contribution in [3.05, 3.63) is 0 Å². The first-order chi connectivity index (χ1) is 5.07. The maximum Gasteiger partial charge on any atom is 0.221 e. The second-order valence-electron chi connectivity index (χ2n) is 2.64. The van der Waals surface area contributed by atoms with Crippen molar-refractivity contribution in [1.82, 2.24) is 5.32 Å². The predicted octanol–water partition coefficient (Wildman–Crippen LogP) is -0.779. The third-order valence-corrected chi connectivity index (χ3v) is 1.48. The van der Waals surface area contributed by atoms with Crippen molar-refractivity contribution in [1.29, 1.82) is 0 Å². The van der Waals surface area contributed by atoms with Crippen molar-refractivity contribution in [3.8, 4) is 0 Å². The molecule has 1 amide bonds. The summed E-state index contributed by atoms with van der Waals surface area (Å²) in [7, 11) is 0. The first-order valence-corrected chi connectivity index (χ1v) is 3.75. The van der Waals surface area contributed by atoms with Crippen LogP contribution in [0.15, 0.2) is 0 Å². The summed E-state index contributed by atoms with van der Waals surface area (Å²) in [5.74, 6) is -0.110. The normalized spacial score (nSPS) is 15.6. The summed E-state index contributed by atoms with van der Waals surface area (Å²) in [4.78, 5) is 10.9. The fraction of sp³-hybridized carbons (Fsp3) is 0.857. The van der Waals surface area contributed by atoms with Crippen LogP contribution in [-0.4, -0.2) is 29.7 Å². The fourth-order valence-corrected chi connectivity index (χ4v) is 0.578. The van der Waals surface area contributed by atoms with Crippen molar-refractivity contribution in [2.24, 2.45) is 5.73 Å². The number of amides is 1. The van der Waals surface area contributed by atoms with Gasteiger partial charge in [-0.05, 0) is 13.8 Å². The van der Waals surface area contributed by atoms with Gasteiger partial charge in [-0.2, -0.15) is 0 Å². The standard InChI is InChI=1S/C7H16N2O2/c1-5(6(2)10)9-7(11)3-4-8/h5-6,10H,3-4,8H2,1-2H3,(H,9,11). The van der Waals surface area contributed by atoms with E-state index in [0.29, 0.717) is 13.0 Å². The number of carbonyl (C=O) groups is 1. The molecule has 4 nitrogen and oxygen atoms in total. The summed E-state index contributed by atoms with van der Waals surface area (Å²) >= 11 is 0. The van der Waals surface area contributed by atoms with E-state index in [4.69, 9.17) is 10.8 Å². The highest BCUT2D eigenvalue weighted by atomic mass is 16.3. The van der Waals surface area contributed by atoms with Crippen LogP contribution in [0, 0.1) is 0 Å². The van der Waals surface area contributed by atoms with E-state index >= 15 is 0 Å². The minimum absolute atomic E-state index is 0.110. The molecule has 11 heavy (non-hydrogen) atoms. The smallest absolute Gasteiger partial charge is 0.221 e. The summed E-state index contributed by atoms with van der Waals surface area (Å²) in [6, 6.07) is -0.200. The van der Waals surface area contributed by atoms with Gasteiger partial charge in [-0.3, -0.25) is 4.79 Å². The van der Waals surface area contributed by atoms with Crippen LogP contribution in [-0.2, 0) is 4.79 Å².